The fraction of sp³-hybridized carbons (Fsp3) is 0.318. The maximum absolute atomic E-state index is 13.1. The predicted molar refractivity (Wildman–Crippen MR) is 119 cm³/mol. The van der Waals surface area contributed by atoms with Crippen molar-refractivity contribution < 1.29 is 19.1 Å². The smallest absolute Gasteiger partial charge is 0.341 e. The average Bonchev–Trinajstić information content (AvgIpc) is 3.54. The molecule has 0 saturated carbocycles. The zero-order valence-corrected chi connectivity index (χ0v) is 18.6. The molecule has 9 nitrogen and oxygen atoms in total. The Morgan fingerprint density at radius 3 is 2.72 bits per heavy atom. The van der Waals surface area contributed by atoms with Crippen molar-refractivity contribution in [3.8, 4) is 5.69 Å². The van der Waals surface area contributed by atoms with Gasteiger partial charge in [-0.3, -0.25) is 9.59 Å². The molecule has 2 aromatic heterocycles. The Balaban J connectivity index is 1.48. The molecule has 1 saturated heterocycles. The van der Waals surface area contributed by atoms with Gasteiger partial charge in [0.1, 0.15) is 11.6 Å². The van der Waals surface area contributed by atoms with Crippen molar-refractivity contribution in [2.24, 2.45) is 0 Å². The van der Waals surface area contributed by atoms with Gasteiger partial charge in [0.25, 0.3) is 5.91 Å². The normalized spacial score (nSPS) is 15.6. The molecule has 10 heteroatoms. The van der Waals surface area contributed by atoms with Gasteiger partial charge in [-0.2, -0.15) is 5.10 Å². The molecule has 1 fully saturated rings. The average molecular weight is 454 g/mol. The molecule has 1 unspecified atom stereocenters. The molecule has 1 N–H and O–H groups in total. The van der Waals surface area contributed by atoms with E-state index in [9.17, 15) is 14.4 Å². The third kappa shape index (κ3) is 4.26. The number of benzene rings is 1. The number of ether oxygens (including phenoxy) is 1. The predicted octanol–water partition coefficient (Wildman–Crippen LogP) is 3.06. The van der Waals surface area contributed by atoms with E-state index in [0.29, 0.717) is 47.2 Å². The van der Waals surface area contributed by atoms with Crippen LogP contribution in [-0.4, -0.2) is 56.6 Å². The Bertz CT molecular complexity index is 1120. The molecule has 1 aliphatic rings. The number of likely N-dealkylation sites (tertiary alicyclic amines) is 1. The molecule has 3 aromatic rings. The first-order valence-corrected chi connectivity index (χ1v) is 11.2. The van der Waals surface area contributed by atoms with Gasteiger partial charge >= 0.3 is 5.97 Å². The highest BCUT2D eigenvalue weighted by atomic mass is 32.1. The van der Waals surface area contributed by atoms with Gasteiger partial charge in [0.2, 0.25) is 5.91 Å². The summed E-state index contributed by atoms with van der Waals surface area (Å²) in [6.07, 6.45) is 4.48. The van der Waals surface area contributed by atoms with Gasteiger partial charge in [-0.1, -0.05) is 0 Å². The van der Waals surface area contributed by atoms with Crippen LogP contribution in [0.2, 0.25) is 0 Å². The van der Waals surface area contributed by atoms with E-state index < -0.39 is 12.0 Å². The maximum Gasteiger partial charge on any atom is 0.341 e. The molecule has 1 atom stereocenters. The number of hydrogen-bond donors (Lipinski definition) is 1. The minimum absolute atomic E-state index is 0.197. The second kappa shape index (κ2) is 9.31. The van der Waals surface area contributed by atoms with Crippen LogP contribution in [0.15, 0.2) is 42.0 Å². The third-order valence-electron chi connectivity index (χ3n) is 5.34. The van der Waals surface area contributed by atoms with Gasteiger partial charge < -0.3 is 15.0 Å². The molecule has 0 radical (unpaired) electrons. The number of hydrogen-bond acceptors (Lipinski definition) is 7. The Hall–Kier alpha value is -3.53. The van der Waals surface area contributed by atoms with E-state index in [-0.39, 0.29) is 11.8 Å². The molecule has 0 aliphatic carbocycles. The lowest BCUT2D eigenvalue weighted by atomic mass is 10.1. The van der Waals surface area contributed by atoms with E-state index in [1.165, 1.54) is 17.5 Å². The number of nitrogens with one attached hydrogen (secondary N) is 1. The molecule has 0 spiro atoms. The number of thiazole rings is 1. The van der Waals surface area contributed by atoms with Crippen molar-refractivity contribution in [1.82, 2.24) is 19.7 Å². The number of amides is 2. The number of aromatic nitrogens is 3. The van der Waals surface area contributed by atoms with Gasteiger partial charge in [0, 0.05) is 23.7 Å². The summed E-state index contributed by atoms with van der Waals surface area (Å²) in [7, 11) is 0. The first kappa shape index (κ1) is 21.7. The van der Waals surface area contributed by atoms with E-state index in [0.717, 1.165) is 6.42 Å². The Morgan fingerprint density at radius 1 is 1.25 bits per heavy atom. The summed E-state index contributed by atoms with van der Waals surface area (Å²) >= 11 is 1.34. The largest absolute Gasteiger partial charge is 0.462 e. The van der Waals surface area contributed by atoms with Gasteiger partial charge in [-0.25, -0.2) is 14.5 Å². The maximum atomic E-state index is 13.1. The number of esters is 1. The Labute approximate surface area is 189 Å². The highest BCUT2D eigenvalue weighted by Gasteiger charge is 2.34. The number of rotatable bonds is 6. The van der Waals surface area contributed by atoms with E-state index in [1.807, 2.05) is 0 Å². The first-order valence-electron chi connectivity index (χ1n) is 10.3. The lowest BCUT2D eigenvalue weighted by molar-refractivity contribution is -0.119. The molecule has 32 heavy (non-hydrogen) atoms. The molecular formula is C22H23N5O4S. The second-order valence-corrected chi connectivity index (χ2v) is 8.20. The van der Waals surface area contributed by atoms with Crippen molar-refractivity contribution in [2.75, 3.05) is 18.5 Å². The fourth-order valence-corrected chi connectivity index (χ4v) is 4.28. The summed E-state index contributed by atoms with van der Waals surface area (Å²) in [6, 6.07) is 6.42. The van der Waals surface area contributed by atoms with Crippen molar-refractivity contribution >= 4 is 34.3 Å². The van der Waals surface area contributed by atoms with Crippen LogP contribution >= 0.6 is 11.3 Å². The van der Waals surface area contributed by atoms with Crippen LogP contribution < -0.4 is 5.32 Å². The summed E-state index contributed by atoms with van der Waals surface area (Å²) in [6.45, 7) is 4.35. The van der Waals surface area contributed by atoms with Crippen LogP contribution in [0.5, 0.6) is 0 Å². The second-order valence-electron chi connectivity index (χ2n) is 7.31. The fourth-order valence-electron chi connectivity index (χ4n) is 3.75. The van der Waals surface area contributed by atoms with Crippen molar-refractivity contribution in [3.05, 3.63) is 58.9 Å². The summed E-state index contributed by atoms with van der Waals surface area (Å²) in [5.74, 6) is -0.835. The first-order chi connectivity index (χ1) is 15.5. The zero-order valence-electron chi connectivity index (χ0n) is 17.8. The topological polar surface area (TPSA) is 106 Å². The standard InChI is InChI=1S/C22H23N5O4S/c1-3-31-21(30)17-13-24-27(14(17)2)16-8-6-15(7-9-16)20(29)26-11-4-5-18(26)19(28)25-22-23-10-12-32-22/h6-10,12-13,18H,3-5,11H2,1-2H3,(H,23,25,28). The quantitative estimate of drug-likeness (QED) is 0.575. The summed E-state index contributed by atoms with van der Waals surface area (Å²) < 4.78 is 6.67. The van der Waals surface area contributed by atoms with Gasteiger partial charge in [0.05, 0.1) is 24.2 Å². The SMILES string of the molecule is CCOC(=O)c1cnn(-c2ccc(C(=O)N3CCCC3C(=O)Nc3nccs3)cc2)c1C. The molecule has 0 bridgehead atoms. The zero-order chi connectivity index (χ0) is 22.7. The molecule has 1 aliphatic heterocycles. The van der Waals surface area contributed by atoms with Crippen LogP contribution in [-0.2, 0) is 9.53 Å². The highest BCUT2D eigenvalue weighted by Crippen LogP contribution is 2.23. The van der Waals surface area contributed by atoms with Gasteiger partial charge in [0.15, 0.2) is 5.13 Å². The number of nitrogens with zero attached hydrogens (tertiary/aromatic N) is 4. The van der Waals surface area contributed by atoms with Crippen LogP contribution in [0.1, 0.15) is 46.2 Å². The summed E-state index contributed by atoms with van der Waals surface area (Å²) in [5.41, 5.74) is 2.26. The lowest BCUT2D eigenvalue weighted by Crippen LogP contribution is -2.43. The third-order valence-corrected chi connectivity index (χ3v) is 6.03. The van der Waals surface area contributed by atoms with Crippen LogP contribution in [0.4, 0.5) is 5.13 Å². The highest BCUT2D eigenvalue weighted by molar-refractivity contribution is 7.13. The molecule has 4 rings (SSSR count). The lowest BCUT2D eigenvalue weighted by Gasteiger charge is -2.23. The summed E-state index contributed by atoms with van der Waals surface area (Å²) in [5, 5.41) is 9.36. The van der Waals surface area contributed by atoms with E-state index in [4.69, 9.17) is 4.74 Å². The summed E-state index contributed by atoms with van der Waals surface area (Å²) in [4.78, 5) is 43.4. The molecule has 2 amide bonds. The van der Waals surface area contributed by atoms with E-state index in [2.05, 4.69) is 15.4 Å². The Kier molecular flexibility index (Phi) is 6.31. The van der Waals surface area contributed by atoms with Crippen LogP contribution in [0.3, 0.4) is 0 Å². The molecule has 3 heterocycles. The minimum atomic E-state index is -0.522. The van der Waals surface area contributed by atoms with Crippen molar-refractivity contribution in [1.29, 1.82) is 0 Å². The number of carbonyl (C=O) groups excluding carboxylic acids is 3. The molecule has 1 aromatic carbocycles. The minimum Gasteiger partial charge on any atom is -0.462 e. The Morgan fingerprint density at radius 2 is 2.03 bits per heavy atom. The van der Waals surface area contributed by atoms with Crippen LogP contribution in [0, 0.1) is 6.92 Å². The monoisotopic (exact) mass is 453 g/mol. The van der Waals surface area contributed by atoms with Crippen molar-refractivity contribution in [3.63, 3.8) is 0 Å². The van der Waals surface area contributed by atoms with Crippen LogP contribution in [0.25, 0.3) is 5.69 Å². The number of carbonyl (C=O) groups is 3. The van der Waals surface area contributed by atoms with Gasteiger partial charge in [-0.05, 0) is 51.0 Å². The van der Waals surface area contributed by atoms with E-state index in [1.54, 1.807) is 59.3 Å². The molecular weight excluding hydrogens is 430 g/mol. The van der Waals surface area contributed by atoms with E-state index >= 15 is 0 Å². The van der Waals surface area contributed by atoms with Crippen molar-refractivity contribution in [2.45, 2.75) is 32.7 Å². The molecule has 166 valence electrons. The van der Waals surface area contributed by atoms with Gasteiger partial charge in [-0.15, -0.1) is 11.3 Å². The number of anilines is 1.